The number of aromatic nitrogens is 2. The summed E-state index contributed by atoms with van der Waals surface area (Å²) in [5, 5.41) is 4.32. The van der Waals surface area contributed by atoms with E-state index in [0.29, 0.717) is 0 Å². The zero-order chi connectivity index (χ0) is 13.1. The molecule has 4 heteroatoms. The van der Waals surface area contributed by atoms with Crippen molar-refractivity contribution in [1.82, 2.24) is 9.97 Å². The standard InChI is InChI=1S/C15H15N3S/c1-2-11-6-5-9-16-13(11)10-17-15-18-12-7-3-4-8-14(12)19-15/h3-9H,2,10H2,1H3,(H,17,18). The molecule has 0 atom stereocenters. The van der Waals surface area contributed by atoms with Gasteiger partial charge in [0.1, 0.15) is 0 Å². The number of pyridine rings is 1. The smallest absolute Gasteiger partial charge is 0.184 e. The van der Waals surface area contributed by atoms with Gasteiger partial charge in [-0.2, -0.15) is 0 Å². The van der Waals surface area contributed by atoms with Crippen LogP contribution in [0, 0.1) is 0 Å². The number of nitrogens with one attached hydrogen (secondary N) is 1. The number of hydrogen-bond donors (Lipinski definition) is 1. The van der Waals surface area contributed by atoms with Crippen LogP contribution in [0.2, 0.25) is 0 Å². The number of anilines is 1. The van der Waals surface area contributed by atoms with Crippen molar-refractivity contribution < 1.29 is 0 Å². The Morgan fingerprint density at radius 2 is 2.05 bits per heavy atom. The van der Waals surface area contributed by atoms with E-state index < -0.39 is 0 Å². The Labute approximate surface area is 116 Å². The van der Waals surface area contributed by atoms with Gasteiger partial charge in [0, 0.05) is 6.20 Å². The summed E-state index contributed by atoms with van der Waals surface area (Å²) in [5.41, 5.74) is 3.44. The molecule has 0 spiro atoms. The molecular weight excluding hydrogens is 254 g/mol. The van der Waals surface area contributed by atoms with Crippen LogP contribution in [0.15, 0.2) is 42.6 Å². The van der Waals surface area contributed by atoms with Gasteiger partial charge in [0.05, 0.1) is 22.5 Å². The van der Waals surface area contributed by atoms with Gasteiger partial charge in [-0.05, 0) is 30.2 Å². The molecule has 0 amide bonds. The van der Waals surface area contributed by atoms with E-state index in [2.05, 4.69) is 34.3 Å². The van der Waals surface area contributed by atoms with E-state index >= 15 is 0 Å². The molecule has 2 aromatic heterocycles. The molecule has 3 nitrogen and oxygen atoms in total. The van der Waals surface area contributed by atoms with Crippen molar-refractivity contribution >= 4 is 26.7 Å². The quantitative estimate of drug-likeness (QED) is 0.781. The number of hydrogen-bond acceptors (Lipinski definition) is 4. The second kappa shape index (κ2) is 5.36. The van der Waals surface area contributed by atoms with Gasteiger partial charge in [-0.1, -0.05) is 36.5 Å². The molecule has 0 fully saturated rings. The Balaban J connectivity index is 1.78. The number of nitrogens with zero attached hydrogens (tertiary/aromatic N) is 2. The maximum Gasteiger partial charge on any atom is 0.184 e. The summed E-state index contributed by atoms with van der Waals surface area (Å²) in [6, 6.07) is 12.3. The van der Waals surface area contributed by atoms with Gasteiger partial charge in [0.25, 0.3) is 0 Å². The normalized spacial score (nSPS) is 10.8. The molecular formula is C15H15N3S. The van der Waals surface area contributed by atoms with Crippen LogP contribution in [0.5, 0.6) is 0 Å². The molecule has 1 aromatic carbocycles. The van der Waals surface area contributed by atoms with Gasteiger partial charge in [0.2, 0.25) is 0 Å². The van der Waals surface area contributed by atoms with Gasteiger partial charge in [-0.3, -0.25) is 4.98 Å². The number of fused-ring (bicyclic) bond motifs is 1. The molecule has 0 aliphatic heterocycles. The van der Waals surface area contributed by atoms with Gasteiger partial charge >= 0.3 is 0 Å². The van der Waals surface area contributed by atoms with E-state index in [9.17, 15) is 0 Å². The summed E-state index contributed by atoms with van der Waals surface area (Å²) in [5.74, 6) is 0. The van der Waals surface area contributed by atoms with Crippen LogP contribution in [-0.2, 0) is 13.0 Å². The van der Waals surface area contributed by atoms with E-state index in [1.165, 1.54) is 10.3 Å². The molecule has 0 aliphatic carbocycles. The molecule has 0 aliphatic rings. The summed E-state index contributed by atoms with van der Waals surface area (Å²) >= 11 is 1.68. The minimum atomic E-state index is 0.726. The van der Waals surface area contributed by atoms with Crippen molar-refractivity contribution in [3.63, 3.8) is 0 Å². The van der Waals surface area contributed by atoms with Crippen LogP contribution in [0.4, 0.5) is 5.13 Å². The molecule has 0 saturated heterocycles. The van der Waals surface area contributed by atoms with E-state index in [1.807, 2.05) is 30.5 Å². The third-order valence-electron chi connectivity index (χ3n) is 3.07. The Hall–Kier alpha value is -1.94. The summed E-state index contributed by atoms with van der Waals surface area (Å²) < 4.78 is 1.21. The van der Waals surface area contributed by atoms with E-state index in [4.69, 9.17) is 0 Å². The Morgan fingerprint density at radius 3 is 2.89 bits per heavy atom. The van der Waals surface area contributed by atoms with Gasteiger partial charge in [-0.25, -0.2) is 4.98 Å². The van der Waals surface area contributed by atoms with Gasteiger partial charge in [0.15, 0.2) is 5.13 Å². The minimum absolute atomic E-state index is 0.726. The average molecular weight is 269 g/mol. The highest BCUT2D eigenvalue weighted by molar-refractivity contribution is 7.22. The maximum absolute atomic E-state index is 4.56. The number of benzene rings is 1. The highest BCUT2D eigenvalue weighted by Gasteiger charge is 2.05. The lowest BCUT2D eigenvalue weighted by Crippen LogP contribution is -2.04. The molecule has 3 aromatic rings. The van der Waals surface area contributed by atoms with Crippen molar-refractivity contribution in [2.24, 2.45) is 0 Å². The summed E-state index contributed by atoms with van der Waals surface area (Å²) in [4.78, 5) is 9.00. The first-order valence-electron chi connectivity index (χ1n) is 6.39. The Bertz CT molecular complexity index is 657. The van der Waals surface area contributed by atoms with Crippen LogP contribution in [-0.4, -0.2) is 9.97 Å². The lowest BCUT2D eigenvalue weighted by atomic mass is 10.1. The molecule has 0 saturated carbocycles. The van der Waals surface area contributed by atoms with Crippen molar-refractivity contribution in [2.45, 2.75) is 19.9 Å². The predicted octanol–water partition coefficient (Wildman–Crippen LogP) is 3.87. The largest absolute Gasteiger partial charge is 0.356 e. The second-order valence-electron chi connectivity index (χ2n) is 4.30. The van der Waals surface area contributed by atoms with Crippen molar-refractivity contribution in [3.05, 3.63) is 53.9 Å². The van der Waals surface area contributed by atoms with Crippen LogP contribution >= 0.6 is 11.3 Å². The monoisotopic (exact) mass is 269 g/mol. The molecule has 3 rings (SSSR count). The topological polar surface area (TPSA) is 37.8 Å². The fraction of sp³-hybridized carbons (Fsp3) is 0.200. The van der Waals surface area contributed by atoms with E-state index in [-0.39, 0.29) is 0 Å². The highest BCUT2D eigenvalue weighted by Crippen LogP contribution is 2.25. The third kappa shape index (κ3) is 2.58. The van der Waals surface area contributed by atoms with Crippen LogP contribution in [0.1, 0.15) is 18.2 Å². The second-order valence-corrected chi connectivity index (χ2v) is 5.33. The molecule has 2 heterocycles. The lowest BCUT2D eigenvalue weighted by molar-refractivity contribution is 0.970. The first-order chi connectivity index (χ1) is 9.36. The van der Waals surface area contributed by atoms with Crippen molar-refractivity contribution in [2.75, 3.05) is 5.32 Å². The summed E-state index contributed by atoms with van der Waals surface area (Å²) in [6.07, 6.45) is 2.85. The molecule has 0 bridgehead atoms. The summed E-state index contributed by atoms with van der Waals surface area (Å²) in [6.45, 7) is 2.88. The fourth-order valence-corrected chi connectivity index (χ4v) is 2.92. The minimum Gasteiger partial charge on any atom is -0.356 e. The first-order valence-corrected chi connectivity index (χ1v) is 7.20. The van der Waals surface area contributed by atoms with Crippen LogP contribution in [0.25, 0.3) is 10.2 Å². The maximum atomic E-state index is 4.56. The SMILES string of the molecule is CCc1cccnc1CNc1nc2ccccc2s1. The van der Waals surface area contributed by atoms with Gasteiger partial charge in [-0.15, -0.1) is 0 Å². The van der Waals surface area contributed by atoms with Crippen LogP contribution < -0.4 is 5.32 Å². The highest BCUT2D eigenvalue weighted by atomic mass is 32.1. The Kier molecular flexibility index (Phi) is 3.42. The first kappa shape index (κ1) is 12.1. The number of aryl methyl sites for hydroxylation is 1. The molecule has 1 N–H and O–H groups in total. The van der Waals surface area contributed by atoms with E-state index in [0.717, 1.165) is 29.3 Å². The number of para-hydroxylation sites is 1. The zero-order valence-electron chi connectivity index (χ0n) is 10.8. The average Bonchev–Trinajstić information content (AvgIpc) is 2.88. The fourth-order valence-electron chi connectivity index (χ4n) is 2.06. The van der Waals surface area contributed by atoms with E-state index in [1.54, 1.807) is 11.3 Å². The molecule has 96 valence electrons. The van der Waals surface area contributed by atoms with Crippen LogP contribution in [0.3, 0.4) is 0 Å². The predicted molar refractivity (Wildman–Crippen MR) is 80.6 cm³/mol. The zero-order valence-corrected chi connectivity index (χ0v) is 11.6. The number of thiazole rings is 1. The summed E-state index contributed by atoms with van der Waals surface area (Å²) in [7, 11) is 0. The number of rotatable bonds is 4. The molecule has 0 radical (unpaired) electrons. The van der Waals surface area contributed by atoms with Gasteiger partial charge < -0.3 is 5.32 Å². The molecule has 0 unspecified atom stereocenters. The third-order valence-corrected chi connectivity index (χ3v) is 4.06. The van der Waals surface area contributed by atoms with Crippen molar-refractivity contribution in [1.29, 1.82) is 0 Å². The lowest BCUT2D eigenvalue weighted by Gasteiger charge is -2.06. The molecule has 19 heavy (non-hydrogen) atoms. The Morgan fingerprint density at radius 1 is 1.16 bits per heavy atom. The van der Waals surface area contributed by atoms with Crippen molar-refractivity contribution in [3.8, 4) is 0 Å².